The van der Waals surface area contributed by atoms with Gasteiger partial charge in [-0.05, 0) is 62.6 Å². The molecule has 0 aromatic heterocycles. The Morgan fingerprint density at radius 1 is 0.857 bits per heavy atom. The van der Waals surface area contributed by atoms with E-state index in [1.165, 1.54) is 38.5 Å². The third-order valence-corrected chi connectivity index (χ3v) is 4.82. The van der Waals surface area contributed by atoms with Crippen molar-refractivity contribution in [3.05, 3.63) is 21.1 Å². The standard InChI is InChI=1S/C16H24Br2O2S/c1-19-15-11-14(18)16(12-13(15)17)20-9-7-5-3-2-4-6-8-10-21/h11-12,21H,2-10H2,1H3. The maximum absolute atomic E-state index is 5.82. The first-order chi connectivity index (χ1) is 10.2. The van der Waals surface area contributed by atoms with Gasteiger partial charge < -0.3 is 9.47 Å². The van der Waals surface area contributed by atoms with Gasteiger partial charge >= 0.3 is 0 Å². The predicted molar refractivity (Wildman–Crippen MR) is 100 cm³/mol. The Labute approximate surface area is 150 Å². The monoisotopic (exact) mass is 438 g/mol. The maximum Gasteiger partial charge on any atom is 0.134 e. The van der Waals surface area contributed by atoms with Gasteiger partial charge in [0.05, 0.1) is 22.7 Å². The van der Waals surface area contributed by atoms with Crippen molar-refractivity contribution >= 4 is 44.5 Å². The summed E-state index contributed by atoms with van der Waals surface area (Å²) < 4.78 is 12.9. The Kier molecular flexibility index (Phi) is 10.7. The van der Waals surface area contributed by atoms with Crippen molar-refractivity contribution in [1.82, 2.24) is 0 Å². The molecule has 0 aliphatic rings. The lowest BCUT2D eigenvalue weighted by Gasteiger charge is -2.11. The second kappa shape index (κ2) is 11.7. The van der Waals surface area contributed by atoms with Gasteiger partial charge in [-0.3, -0.25) is 0 Å². The molecule has 0 saturated heterocycles. The zero-order valence-corrected chi connectivity index (χ0v) is 16.6. The van der Waals surface area contributed by atoms with Crippen molar-refractivity contribution in [1.29, 1.82) is 0 Å². The molecule has 0 fully saturated rings. The van der Waals surface area contributed by atoms with Crippen molar-refractivity contribution in [3.8, 4) is 11.5 Å². The molecule has 0 aliphatic heterocycles. The van der Waals surface area contributed by atoms with Crippen LogP contribution in [0.25, 0.3) is 0 Å². The highest BCUT2D eigenvalue weighted by atomic mass is 79.9. The molecule has 21 heavy (non-hydrogen) atoms. The minimum atomic E-state index is 0.758. The van der Waals surface area contributed by atoms with E-state index in [1.807, 2.05) is 12.1 Å². The molecule has 0 N–H and O–H groups in total. The third-order valence-electron chi connectivity index (χ3n) is 3.27. The SMILES string of the molecule is COc1cc(Br)c(OCCCCCCCCCS)cc1Br. The van der Waals surface area contributed by atoms with Gasteiger partial charge in [0.2, 0.25) is 0 Å². The van der Waals surface area contributed by atoms with Crippen molar-refractivity contribution in [2.24, 2.45) is 0 Å². The minimum absolute atomic E-state index is 0.758. The van der Waals surface area contributed by atoms with Gasteiger partial charge in [0, 0.05) is 0 Å². The number of ether oxygens (including phenoxy) is 2. The molecule has 2 nitrogen and oxygen atoms in total. The molecule has 5 heteroatoms. The highest BCUT2D eigenvalue weighted by Crippen LogP contribution is 2.36. The highest BCUT2D eigenvalue weighted by molar-refractivity contribution is 9.11. The Bertz CT molecular complexity index is 414. The first kappa shape index (κ1) is 19.2. The molecule has 0 aliphatic carbocycles. The minimum Gasteiger partial charge on any atom is -0.496 e. The summed E-state index contributed by atoms with van der Waals surface area (Å²) >= 11 is 11.2. The number of hydrogen-bond acceptors (Lipinski definition) is 3. The Morgan fingerprint density at radius 2 is 1.38 bits per heavy atom. The van der Waals surface area contributed by atoms with Crippen molar-refractivity contribution in [3.63, 3.8) is 0 Å². The summed E-state index contributed by atoms with van der Waals surface area (Å²) in [4.78, 5) is 0. The van der Waals surface area contributed by atoms with E-state index in [0.29, 0.717) is 0 Å². The molecule has 1 rings (SSSR count). The fraction of sp³-hybridized carbons (Fsp3) is 0.625. The van der Waals surface area contributed by atoms with Crippen LogP contribution in [0.15, 0.2) is 21.1 Å². The van der Waals surface area contributed by atoms with E-state index in [4.69, 9.17) is 9.47 Å². The fourth-order valence-electron chi connectivity index (χ4n) is 2.06. The second-order valence-corrected chi connectivity index (χ2v) is 7.12. The van der Waals surface area contributed by atoms with E-state index in [9.17, 15) is 0 Å². The number of halogens is 2. The summed E-state index contributed by atoms with van der Waals surface area (Å²) in [6.45, 7) is 0.758. The maximum atomic E-state index is 5.82. The lowest BCUT2D eigenvalue weighted by atomic mass is 10.1. The van der Waals surface area contributed by atoms with Crippen LogP contribution in [0, 0.1) is 0 Å². The topological polar surface area (TPSA) is 18.5 Å². The molecule has 0 heterocycles. The summed E-state index contributed by atoms with van der Waals surface area (Å²) in [5.74, 6) is 2.67. The fourth-order valence-corrected chi connectivity index (χ4v) is 3.20. The molecular weight excluding hydrogens is 416 g/mol. The van der Waals surface area contributed by atoms with Crippen molar-refractivity contribution < 1.29 is 9.47 Å². The van der Waals surface area contributed by atoms with Gasteiger partial charge in [0.15, 0.2) is 0 Å². The molecule has 0 radical (unpaired) electrons. The van der Waals surface area contributed by atoms with Crippen LogP contribution in [-0.2, 0) is 0 Å². The van der Waals surface area contributed by atoms with Crippen LogP contribution >= 0.6 is 44.5 Å². The van der Waals surface area contributed by atoms with E-state index in [0.717, 1.165) is 39.2 Å². The average Bonchev–Trinajstić information content (AvgIpc) is 2.48. The van der Waals surface area contributed by atoms with Crippen molar-refractivity contribution in [2.75, 3.05) is 19.5 Å². The lowest BCUT2D eigenvalue weighted by Crippen LogP contribution is -1.98. The summed E-state index contributed by atoms with van der Waals surface area (Å²) in [6.07, 6.45) is 8.84. The average molecular weight is 440 g/mol. The van der Waals surface area contributed by atoms with Crippen LogP contribution in [0.3, 0.4) is 0 Å². The first-order valence-corrected chi connectivity index (χ1v) is 9.67. The van der Waals surface area contributed by atoms with Crippen LogP contribution in [0.5, 0.6) is 11.5 Å². The molecule has 0 bridgehead atoms. The molecule has 1 aromatic carbocycles. The molecule has 1 aromatic rings. The number of methoxy groups -OCH3 is 1. The van der Waals surface area contributed by atoms with Crippen LogP contribution in [0.1, 0.15) is 44.9 Å². The van der Waals surface area contributed by atoms with Gasteiger partial charge in [-0.2, -0.15) is 12.6 Å². The van der Waals surface area contributed by atoms with E-state index in [2.05, 4.69) is 44.5 Å². The molecule has 0 saturated carbocycles. The summed E-state index contributed by atoms with van der Waals surface area (Å²) in [7, 11) is 1.66. The van der Waals surface area contributed by atoms with E-state index < -0.39 is 0 Å². The van der Waals surface area contributed by atoms with E-state index >= 15 is 0 Å². The summed E-state index contributed by atoms with van der Waals surface area (Å²) in [5, 5.41) is 0. The Hall–Kier alpha value is 0.130. The number of unbranched alkanes of at least 4 members (excludes halogenated alkanes) is 6. The largest absolute Gasteiger partial charge is 0.496 e. The van der Waals surface area contributed by atoms with Gasteiger partial charge in [-0.25, -0.2) is 0 Å². The lowest BCUT2D eigenvalue weighted by molar-refractivity contribution is 0.301. The Balaban J connectivity index is 2.17. The van der Waals surface area contributed by atoms with Crippen LogP contribution < -0.4 is 9.47 Å². The van der Waals surface area contributed by atoms with Crippen molar-refractivity contribution in [2.45, 2.75) is 44.9 Å². The highest BCUT2D eigenvalue weighted by Gasteiger charge is 2.07. The summed E-state index contributed by atoms with van der Waals surface area (Å²) in [5.41, 5.74) is 0. The number of benzene rings is 1. The molecule has 0 atom stereocenters. The quantitative estimate of drug-likeness (QED) is 0.324. The van der Waals surface area contributed by atoms with Crippen LogP contribution in [0.4, 0.5) is 0 Å². The van der Waals surface area contributed by atoms with Gasteiger partial charge in [0.25, 0.3) is 0 Å². The summed E-state index contributed by atoms with van der Waals surface area (Å²) in [6, 6.07) is 3.86. The molecule has 120 valence electrons. The molecule has 0 amide bonds. The number of hydrogen-bond donors (Lipinski definition) is 1. The zero-order valence-electron chi connectivity index (χ0n) is 12.5. The van der Waals surface area contributed by atoms with E-state index in [-0.39, 0.29) is 0 Å². The zero-order chi connectivity index (χ0) is 15.5. The number of rotatable bonds is 11. The third kappa shape index (κ3) is 7.80. The van der Waals surface area contributed by atoms with Gasteiger partial charge in [0.1, 0.15) is 11.5 Å². The Morgan fingerprint density at radius 3 is 2.00 bits per heavy atom. The van der Waals surface area contributed by atoms with Crippen LogP contribution in [0.2, 0.25) is 0 Å². The number of thiol groups is 1. The van der Waals surface area contributed by atoms with E-state index in [1.54, 1.807) is 7.11 Å². The van der Waals surface area contributed by atoms with Gasteiger partial charge in [-0.15, -0.1) is 0 Å². The first-order valence-electron chi connectivity index (χ1n) is 7.45. The smallest absolute Gasteiger partial charge is 0.134 e. The molecule has 0 unspecified atom stereocenters. The van der Waals surface area contributed by atoms with Gasteiger partial charge in [-0.1, -0.05) is 32.1 Å². The normalized spacial score (nSPS) is 10.7. The second-order valence-electron chi connectivity index (χ2n) is 4.96. The predicted octanol–water partition coefficient (Wildman–Crippen LogP) is 6.26. The molecule has 0 spiro atoms. The molecular formula is C16H24Br2O2S. The van der Waals surface area contributed by atoms with Crippen LogP contribution in [-0.4, -0.2) is 19.5 Å².